The number of halogens is 3. The highest BCUT2D eigenvalue weighted by atomic mass is 19.4. The van der Waals surface area contributed by atoms with Crippen LogP contribution in [0.4, 0.5) is 18.9 Å². The van der Waals surface area contributed by atoms with Gasteiger partial charge in [0.25, 0.3) is 11.2 Å². The van der Waals surface area contributed by atoms with Crippen LogP contribution in [0.5, 0.6) is 0 Å². The lowest BCUT2D eigenvalue weighted by atomic mass is 10.1. The van der Waals surface area contributed by atoms with Crippen LogP contribution in [0.3, 0.4) is 0 Å². The summed E-state index contributed by atoms with van der Waals surface area (Å²) in [5.41, 5.74) is -1.69. The van der Waals surface area contributed by atoms with Gasteiger partial charge in [-0.05, 0) is 12.1 Å². The van der Waals surface area contributed by atoms with Gasteiger partial charge in [-0.1, -0.05) is 11.8 Å². The van der Waals surface area contributed by atoms with Crippen molar-refractivity contribution in [1.29, 1.82) is 0 Å². The Hall–Kier alpha value is -3.84. The maximum Gasteiger partial charge on any atom is 0.450 e. The van der Waals surface area contributed by atoms with Crippen molar-refractivity contribution < 1.29 is 42.6 Å². The number of aliphatic hydroxyl groups excluding tert-OH is 2. The predicted octanol–water partition coefficient (Wildman–Crippen LogP) is 1.07. The number of H-pyrrole nitrogens is 1. The molecule has 1 aromatic carbocycles. The Morgan fingerprint density at radius 3 is 2.63 bits per heavy atom. The maximum absolute atomic E-state index is 12.2. The number of carbonyl (C=O) groups is 1. The number of alkyl halides is 3. The summed E-state index contributed by atoms with van der Waals surface area (Å²) >= 11 is 0. The quantitative estimate of drug-likeness (QED) is 0.238. The van der Waals surface area contributed by atoms with Gasteiger partial charge in [-0.3, -0.25) is 29.3 Å². The van der Waals surface area contributed by atoms with E-state index in [4.69, 9.17) is 9.47 Å². The minimum atomic E-state index is -4.94. The zero-order valence-electron chi connectivity index (χ0n) is 19.6. The molecule has 1 fully saturated rings. The number of carbonyl (C=O) groups excluding carboxylic acids is 1. The van der Waals surface area contributed by atoms with Gasteiger partial charge in [-0.25, -0.2) is 4.79 Å². The van der Waals surface area contributed by atoms with Crippen molar-refractivity contribution in [3.05, 3.63) is 72.0 Å². The number of hydrogen-bond acceptors (Lipinski definition) is 9. The number of aromatic nitrogens is 2. The standard InChI is InChI=1S/C23H22F3N3O9/c24-23(25,26)19(32)4-2-1-3-13-5-6-14(16(7-13)29(35)36)11-37-12-15-9-28(22(34)27-21(15)33)20-8-17(31)18(10-30)38-20/h5-7,9,17-18,20,30-31H,2,4,8,10-12H2,(H,27,33,34)/t17?,18-,20-/m1/s1. The fourth-order valence-corrected chi connectivity index (χ4v) is 3.58. The number of rotatable bonds is 9. The van der Waals surface area contributed by atoms with E-state index in [9.17, 15) is 47.9 Å². The number of hydrogen-bond donors (Lipinski definition) is 3. The van der Waals surface area contributed by atoms with Crippen LogP contribution < -0.4 is 11.2 Å². The van der Waals surface area contributed by atoms with Crippen LogP contribution in [0.25, 0.3) is 0 Å². The summed E-state index contributed by atoms with van der Waals surface area (Å²) in [7, 11) is 0. The van der Waals surface area contributed by atoms with Crippen molar-refractivity contribution in [2.45, 2.75) is 57.1 Å². The minimum Gasteiger partial charge on any atom is -0.394 e. The number of nitrogens with one attached hydrogen (secondary N) is 1. The Kier molecular flexibility index (Phi) is 9.17. The molecule has 1 aliphatic rings. The summed E-state index contributed by atoms with van der Waals surface area (Å²) in [4.78, 5) is 48.1. The molecule has 0 amide bonds. The number of nitro groups is 1. The average molecular weight is 541 g/mol. The fraction of sp³-hybridized carbons (Fsp3) is 0.435. The van der Waals surface area contributed by atoms with E-state index in [-0.39, 0.29) is 48.4 Å². The third kappa shape index (κ3) is 7.13. The summed E-state index contributed by atoms with van der Waals surface area (Å²) in [6.07, 6.45) is -7.82. The molecule has 1 aromatic heterocycles. The van der Waals surface area contributed by atoms with Crippen LogP contribution in [0.15, 0.2) is 34.0 Å². The van der Waals surface area contributed by atoms with E-state index in [1.165, 1.54) is 18.3 Å². The molecule has 2 heterocycles. The molecule has 0 radical (unpaired) electrons. The SMILES string of the molecule is O=C(CCC#Cc1ccc(COCc2cn([C@H]3CC(O)[C@@H](CO)O3)c(=O)[nH]c2=O)c([N+](=O)[O-])c1)C(F)(F)F. The van der Waals surface area contributed by atoms with E-state index >= 15 is 0 Å². The highest BCUT2D eigenvalue weighted by Gasteiger charge is 2.37. The molecule has 0 spiro atoms. The van der Waals surface area contributed by atoms with Crippen molar-refractivity contribution in [3.63, 3.8) is 0 Å². The van der Waals surface area contributed by atoms with Gasteiger partial charge in [-0.15, -0.1) is 0 Å². The minimum absolute atomic E-state index is 0.00243. The largest absolute Gasteiger partial charge is 0.450 e. The number of nitrogens with zero attached hydrogens (tertiary/aromatic N) is 2. The molecule has 0 bridgehead atoms. The molecule has 3 N–H and O–H groups in total. The molecule has 2 aromatic rings. The number of Topliss-reactive ketones (excluding diaryl/α,β-unsaturated/α-hetero) is 1. The van der Waals surface area contributed by atoms with Gasteiger partial charge < -0.3 is 19.7 Å². The van der Waals surface area contributed by atoms with Gasteiger partial charge in [0, 0.05) is 37.1 Å². The molecule has 38 heavy (non-hydrogen) atoms. The summed E-state index contributed by atoms with van der Waals surface area (Å²) in [5, 5.41) is 30.6. The highest BCUT2D eigenvalue weighted by molar-refractivity contribution is 5.84. The lowest BCUT2D eigenvalue weighted by Gasteiger charge is -2.15. The van der Waals surface area contributed by atoms with Crippen molar-refractivity contribution >= 4 is 11.5 Å². The van der Waals surface area contributed by atoms with E-state index in [0.29, 0.717) is 0 Å². The second kappa shape index (κ2) is 12.1. The van der Waals surface area contributed by atoms with E-state index in [0.717, 1.165) is 10.6 Å². The maximum atomic E-state index is 12.2. The van der Waals surface area contributed by atoms with E-state index in [1.54, 1.807) is 0 Å². The first-order valence-corrected chi connectivity index (χ1v) is 11.1. The average Bonchev–Trinajstić information content (AvgIpc) is 3.23. The first kappa shape index (κ1) is 28.7. The van der Waals surface area contributed by atoms with Crippen LogP contribution in [0, 0.1) is 22.0 Å². The van der Waals surface area contributed by atoms with Crippen LogP contribution in [0.1, 0.15) is 42.2 Å². The summed E-state index contributed by atoms with van der Waals surface area (Å²) in [6, 6.07) is 3.82. The van der Waals surface area contributed by atoms with Crippen molar-refractivity contribution in [2.75, 3.05) is 6.61 Å². The van der Waals surface area contributed by atoms with Gasteiger partial charge in [0.2, 0.25) is 5.78 Å². The molecular weight excluding hydrogens is 519 g/mol. The van der Waals surface area contributed by atoms with E-state index in [1.807, 2.05) is 0 Å². The van der Waals surface area contributed by atoms with Crippen molar-refractivity contribution in [3.8, 4) is 11.8 Å². The molecule has 0 saturated carbocycles. The van der Waals surface area contributed by atoms with Crippen molar-refractivity contribution in [2.24, 2.45) is 0 Å². The second-order valence-electron chi connectivity index (χ2n) is 8.25. The van der Waals surface area contributed by atoms with Crippen LogP contribution in [0.2, 0.25) is 0 Å². The molecule has 0 aliphatic carbocycles. The molecule has 15 heteroatoms. The Morgan fingerprint density at radius 2 is 2.00 bits per heavy atom. The lowest BCUT2D eigenvalue weighted by Crippen LogP contribution is -2.34. The normalized spacial score (nSPS) is 19.1. The third-order valence-corrected chi connectivity index (χ3v) is 5.56. The Morgan fingerprint density at radius 1 is 1.29 bits per heavy atom. The molecule has 3 rings (SSSR count). The van der Waals surface area contributed by atoms with E-state index in [2.05, 4.69) is 16.8 Å². The van der Waals surface area contributed by atoms with Gasteiger partial charge in [0.1, 0.15) is 12.3 Å². The smallest absolute Gasteiger partial charge is 0.394 e. The summed E-state index contributed by atoms with van der Waals surface area (Å²) in [5.74, 6) is 2.93. The van der Waals surface area contributed by atoms with Gasteiger partial charge >= 0.3 is 11.9 Å². The molecule has 1 saturated heterocycles. The lowest BCUT2D eigenvalue weighted by molar-refractivity contribution is -0.386. The summed E-state index contributed by atoms with van der Waals surface area (Å²) < 4.78 is 48.6. The highest BCUT2D eigenvalue weighted by Crippen LogP contribution is 2.27. The van der Waals surface area contributed by atoms with Crippen LogP contribution in [-0.4, -0.2) is 55.5 Å². The predicted molar refractivity (Wildman–Crippen MR) is 122 cm³/mol. The Bertz CT molecular complexity index is 1370. The number of nitro benzene ring substituents is 1. The molecule has 204 valence electrons. The first-order chi connectivity index (χ1) is 17.9. The van der Waals surface area contributed by atoms with Gasteiger partial charge in [-0.2, -0.15) is 13.2 Å². The topological polar surface area (TPSA) is 174 Å². The zero-order chi connectivity index (χ0) is 28.0. The Balaban J connectivity index is 1.67. The Labute approximate surface area is 211 Å². The number of ketones is 1. The number of aromatic amines is 1. The zero-order valence-corrected chi connectivity index (χ0v) is 19.6. The van der Waals surface area contributed by atoms with Gasteiger partial charge in [0.15, 0.2) is 0 Å². The summed E-state index contributed by atoms with van der Waals surface area (Å²) in [6.45, 7) is -1.12. The number of aliphatic hydroxyl groups is 2. The monoisotopic (exact) mass is 541 g/mol. The van der Waals surface area contributed by atoms with Crippen LogP contribution >= 0.6 is 0 Å². The molecular formula is C23H22F3N3O9. The van der Waals surface area contributed by atoms with Crippen molar-refractivity contribution in [1.82, 2.24) is 9.55 Å². The molecule has 1 unspecified atom stereocenters. The van der Waals surface area contributed by atoms with Gasteiger partial charge in [0.05, 0.1) is 42.0 Å². The molecule has 3 atom stereocenters. The first-order valence-electron chi connectivity index (χ1n) is 11.1. The number of benzene rings is 1. The fourth-order valence-electron chi connectivity index (χ4n) is 3.58. The van der Waals surface area contributed by atoms with Crippen LogP contribution in [-0.2, 0) is 27.5 Å². The van der Waals surface area contributed by atoms with E-state index < -0.39 is 59.6 Å². The number of ether oxygens (including phenoxy) is 2. The molecule has 1 aliphatic heterocycles. The molecule has 12 nitrogen and oxygen atoms in total. The second-order valence-corrected chi connectivity index (χ2v) is 8.25. The third-order valence-electron chi connectivity index (χ3n) is 5.56.